The van der Waals surface area contributed by atoms with Crippen LogP contribution in [0.25, 0.3) is 0 Å². The zero-order valence-electron chi connectivity index (χ0n) is 6.25. The van der Waals surface area contributed by atoms with Crippen LogP contribution in [-0.4, -0.2) is 15.6 Å². The standard InChI is InChI=1S/C5H3F3N2O2S/c1-2(11)12-4-3(5(6,7)8)13-10-9-4/h1H3. The van der Waals surface area contributed by atoms with E-state index in [4.69, 9.17) is 0 Å². The molecule has 0 amide bonds. The number of alkyl halides is 3. The minimum absolute atomic E-state index is 0.135. The van der Waals surface area contributed by atoms with E-state index < -0.39 is 22.9 Å². The Morgan fingerprint density at radius 1 is 1.54 bits per heavy atom. The van der Waals surface area contributed by atoms with Crippen LogP contribution in [0, 0.1) is 0 Å². The molecule has 0 aliphatic heterocycles. The number of aromatic nitrogens is 2. The molecule has 0 aliphatic carbocycles. The molecule has 1 aromatic heterocycles. The summed E-state index contributed by atoms with van der Waals surface area (Å²) in [4.78, 5) is 9.23. The van der Waals surface area contributed by atoms with E-state index in [1.165, 1.54) is 0 Å². The van der Waals surface area contributed by atoms with E-state index in [2.05, 4.69) is 14.3 Å². The van der Waals surface area contributed by atoms with Gasteiger partial charge in [-0.2, -0.15) is 13.2 Å². The summed E-state index contributed by atoms with van der Waals surface area (Å²) in [6, 6.07) is 0. The van der Waals surface area contributed by atoms with E-state index >= 15 is 0 Å². The van der Waals surface area contributed by atoms with Crippen LogP contribution in [0.15, 0.2) is 0 Å². The van der Waals surface area contributed by atoms with Crippen molar-refractivity contribution < 1.29 is 22.7 Å². The van der Waals surface area contributed by atoms with Crippen LogP contribution in [0.4, 0.5) is 13.2 Å². The molecule has 0 unspecified atom stereocenters. The number of rotatable bonds is 1. The summed E-state index contributed by atoms with van der Waals surface area (Å²) in [5.41, 5.74) is 0. The van der Waals surface area contributed by atoms with E-state index in [-0.39, 0.29) is 11.5 Å². The Kier molecular flexibility index (Phi) is 2.50. The average molecular weight is 212 g/mol. The maximum Gasteiger partial charge on any atom is 0.432 e. The van der Waals surface area contributed by atoms with Crippen molar-refractivity contribution in [1.29, 1.82) is 0 Å². The number of ether oxygens (including phenoxy) is 1. The van der Waals surface area contributed by atoms with Crippen molar-refractivity contribution in [2.45, 2.75) is 13.1 Å². The molecule has 1 aromatic rings. The van der Waals surface area contributed by atoms with Gasteiger partial charge < -0.3 is 4.74 Å². The fourth-order valence-electron chi connectivity index (χ4n) is 0.559. The van der Waals surface area contributed by atoms with E-state index in [0.29, 0.717) is 0 Å². The second kappa shape index (κ2) is 3.29. The Morgan fingerprint density at radius 2 is 2.15 bits per heavy atom. The molecule has 0 saturated heterocycles. The molecule has 0 aliphatic rings. The fraction of sp³-hybridized carbons (Fsp3) is 0.400. The number of halogens is 3. The summed E-state index contributed by atoms with van der Waals surface area (Å²) >= 11 is 0.135. The molecule has 0 bridgehead atoms. The van der Waals surface area contributed by atoms with Gasteiger partial charge in [0.05, 0.1) is 0 Å². The first-order valence-corrected chi connectivity index (χ1v) is 3.76. The lowest BCUT2D eigenvalue weighted by molar-refractivity contribution is -0.139. The smallest absolute Gasteiger partial charge is 0.404 e. The van der Waals surface area contributed by atoms with Gasteiger partial charge in [0.15, 0.2) is 4.88 Å². The van der Waals surface area contributed by atoms with Crippen molar-refractivity contribution in [3.8, 4) is 5.88 Å². The van der Waals surface area contributed by atoms with Gasteiger partial charge in [-0.1, -0.05) is 9.59 Å². The minimum atomic E-state index is -4.58. The first-order valence-electron chi connectivity index (χ1n) is 2.99. The maximum absolute atomic E-state index is 12.1. The molecule has 0 spiro atoms. The number of esters is 1. The summed E-state index contributed by atoms with van der Waals surface area (Å²) in [6.45, 7) is 0.986. The van der Waals surface area contributed by atoms with E-state index in [0.717, 1.165) is 6.92 Å². The summed E-state index contributed by atoms with van der Waals surface area (Å²) in [5, 5.41) is 3.03. The molecule has 0 aromatic carbocycles. The summed E-state index contributed by atoms with van der Waals surface area (Å²) in [7, 11) is 0. The molecule has 1 rings (SSSR count). The predicted molar refractivity (Wildman–Crippen MR) is 36.2 cm³/mol. The lowest BCUT2D eigenvalue weighted by Crippen LogP contribution is -2.09. The topological polar surface area (TPSA) is 52.1 Å². The molecular formula is C5H3F3N2O2S. The van der Waals surface area contributed by atoms with Crippen molar-refractivity contribution in [3.63, 3.8) is 0 Å². The third-order valence-corrected chi connectivity index (χ3v) is 1.71. The van der Waals surface area contributed by atoms with Crippen molar-refractivity contribution in [3.05, 3.63) is 4.88 Å². The lowest BCUT2D eigenvalue weighted by atomic mass is 10.5. The highest BCUT2D eigenvalue weighted by Crippen LogP contribution is 2.37. The van der Waals surface area contributed by atoms with Crippen LogP contribution in [0.3, 0.4) is 0 Å². The third kappa shape index (κ3) is 2.38. The molecule has 8 heteroatoms. The number of hydrogen-bond acceptors (Lipinski definition) is 5. The summed E-state index contributed by atoms with van der Waals surface area (Å²) in [5.74, 6) is -1.65. The third-order valence-electron chi connectivity index (χ3n) is 0.956. The quantitative estimate of drug-likeness (QED) is 0.661. The monoisotopic (exact) mass is 212 g/mol. The van der Waals surface area contributed by atoms with Crippen molar-refractivity contribution in [2.24, 2.45) is 0 Å². The highest BCUT2D eigenvalue weighted by molar-refractivity contribution is 7.05. The van der Waals surface area contributed by atoms with Gasteiger partial charge in [0, 0.05) is 6.92 Å². The summed E-state index contributed by atoms with van der Waals surface area (Å²) < 4.78 is 43.4. The van der Waals surface area contributed by atoms with Gasteiger partial charge in [0.1, 0.15) is 0 Å². The van der Waals surface area contributed by atoms with Gasteiger partial charge in [-0.3, -0.25) is 4.79 Å². The van der Waals surface area contributed by atoms with Gasteiger partial charge in [-0.15, -0.1) is 0 Å². The Balaban J connectivity index is 2.96. The summed E-state index contributed by atoms with van der Waals surface area (Å²) in [6.07, 6.45) is -4.58. The Morgan fingerprint density at radius 3 is 2.62 bits per heavy atom. The molecule has 13 heavy (non-hydrogen) atoms. The zero-order chi connectivity index (χ0) is 10.1. The van der Waals surface area contributed by atoms with Crippen molar-refractivity contribution in [2.75, 3.05) is 0 Å². The van der Waals surface area contributed by atoms with E-state index in [1.807, 2.05) is 0 Å². The van der Waals surface area contributed by atoms with E-state index in [9.17, 15) is 18.0 Å². The van der Waals surface area contributed by atoms with Crippen molar-refractivity contribution >= 4 is 17.5 Å². The largest absolute Gasteiger partial charge is 0.432 e. The highest BCUT2D eigenvalue weighted by Gasteiger charge is 2.38. The number of nitrogens with zero attached hydrogens (tertiary/aromatic N) is 2. The van der Waals surface area contributed by atoms with Crippen LogP contribution in [-0.2, 0) is 11.0 Å². The van der Waals surface area contributed by atoms with E-state index in [1.54, 1.807) is 0 Å². The minimum Gasteiger partial charge on any atom is -0.404 e. The first-order chi connectivity index (χ1) is 5.91. The molecule has 0 fully saturated rings. The van der Waals surface area contributed by atoms with Gasteiger partial charge in [0.2, 0.25) is 0 Å². The van der Waals surface area contributed by atoms with Gasteiger partial charge in [0.25, 0.3) is 5.88 Å². The molecule has 0 radical (unpaired) electrons. The predicted octanol–water partition coefficient (Wildman–Crippen LogP) is 1.48. The molecule has 0 atom stereocenters. The Bertz CT molecular complexity index is 322. The van der Waals surface area contributed by atoms with Crippen LogP contribution in [0.5, 0.6) is 5.88 Å². The Labute approximate surface area is 74.5 Å². The van der Waals surface area contributed by atoms with Crippen LogP contribution >= 0.6 is 11.5 Å². The molecular weight excluding hydrogens is 209 g/mol. The highest BCUT2D eigenvalue weighted by atomic mass is 32.1. The molecule has 72 valence electrons. The van der Waals surface area contributed by atoms with Gasteiger partial charge >= 0.3 is 12.1 Å². The number of carbonyl (C=O) groups excluding carboxylic acids is 1. The fourth-order valence-corrected chi connectivity index (χ4v) is 1.02. The molecule has 4 nitrogen and oxygen atoms in total. The molecule has 1 heterocycles. The average Bonchev–Trinajstić information content (AvgIpc) is 2.31. The molecule has 0 N–H and O–H groups in total. The molecule has 0 saturated carbocycles. The van der Waals surface area contributed by atoms with Crippen LogP contribution < -0.4 is 4.74 Å². The van der Waals surface area contributed by atoms with Crippen LogP contribution in [0.2, 0.25) is 0 Å². The van der Waals surface area contributed by atoms with Gasteiger partial charge in [-0.05, 0) is 11.5 Å². The lowest BCUT2D eigenvalue weighted by Gasteiger charge is -2.03. The second-order valence-corrected chi connectivity index (χ2v) is 2.75. The SMILES string of the molecule is CC(=O)Oc1nnsc1C(F)(F)F. The second-order valence-electron chi connectivity index (χ2n) is 2.00. The Hall–Kier alpha value is -1.18. The van der Waals surface area contributed by atoms with Crippen LogP contribution in [0.1, 0.15) is 11.8 Å². The zero-order valence-corrected chi connectivity index (χ0v) is 7.07. The number of carbonyl (C=O) groups is 1. The van der Waals surface area contributed by atoms with Gasteiger partial charge in [-0.25, -0.2) is 0 Å². The normalized spacial score (nSPS) is 11.4. The maximum atomic E-state index is 12.1. The first kappa shape index (κ1) is 9.90. The number of hydrogen-bond donors (Lipinski definition) is 0. The van der Waals surface area contributed by atoms with Crippen molar-refractivity contribution in [1.82, 2.24) is 9.59 Å².